The molecule has 10 heteroatoms. The van der Waals surface area contributed by atoms with Crippen LogP contribution in [0.15, 0.2) is 36.5 Å². The van der Waals surface area contributed by atoms with E-state index in [0.717, 1.165) is 57.8 Å². The number of nitrogens with zero attached hydrogens (tertiary/aromatic N) is 1. The molecule has 0 amide bonds. The summed E-state index contributed by atoms with van der Waals surface area (Å²) in [7, 11) is 1.49. The van der Waals surface area contributed by atoms with Crippen LogP contribution in [-0.4, -0.2) is 74.9 Å². The lowest BCUT2D eigenvalue weighted by Gasteiger charge is -2.24. The molecule has 1 N–H and O–H groups in total. The molecule has 0 spiro atoms. The number of allylic oxidation sites excluding steroid dienone is 6. The van der Waals surface area contributed by atoms with Crippen molar-refractivity contribution in [3.8, 4) is 0 Å². The van der Waals surface area contributed by atoms with Crippen LogP contribution in [0.5, 0.6) is 0 Å². The number of likely N-dealkylation sites (N-methyl/N-ethyl adjacent to an activating group) is 1. The van der Waals surface area contributed by atoms with E-state index in [2.05, 4.69) is 50.3 Å². The van der Waals surface area contributed by atoms with Gasteiger partial charge in [-0.3, -0.25) is 18.6 Å². The van der Waals surface area contributed by atoms with Crippen molar-refractivity contribution in [2.24, 2.45) is 0 Å². The Kier molecular flexibility index (Phi) is 57.5. The van der Waals surface area contributed by atoms with Gasteiger partial charge >= 0.3 is 19.8 Å². The largest absolute Gasteiger partial charge is 0.472 e. The fraction of sp³-hybridized carbons (Fsp3) is 0.881. The number of hydrogen-bond donors (Lipinski definition) is 1. The molecule has 0 saturated heterocycles. The van der Waals surface area contributed by atoms with Gasteiger partial charge < -0.3 is 18.9 Å². The molecule has 77 heavy (non-hydrogen) atoms. The maximum Gasteiger partial charge on any atom is 0.472 e. The van der Waals surface area contributed by atoms with Crippen molar-refractivity contribution in [3.05, 3.63) is 36.5 Å². The zero-order chi connectivity index (χ0) is 56.3. The SMILES string of the molecule is CCCCC/C=C\CCCCCCCC(=O)OCC(COP(=O)(O)OCC[N+](C)(C)C)OC(=O)CCCCCCCCCCCCCCCCCCCCCCCCCCCCCCC/C=C\C/C=C\CCCCCCC. The molecule has 0 fully saturated rings. The van der Waals surface area contributed by atoms with E-state index in [1.807, 2.05) is 21.1 Å². The Bertz CT molecular complexity index is 1390. The van der Waals surface area contributed by atoms with Crippen molar-refractivity contribution in [1.82, 2.24) is 0 Å². The van der Waals surface area contributed by atoms with Crippen LogP contribution < -0.4 is 0 Å². The van der Waals surface area contributed by atoms with Gasteiger partial charge in [-0.25, -0.2) is 4.57 Å². The smallest absolute Gasteiger partial charge is 0.462 e. The van der Waals surface area contributed by atoms with E-state index in [1.165, 1.54) is 238 Å². The van der Waals surface area contributed by atoms with Gasteiger partial charge in [0.15, 0.2) is 6.10 Å². The molecule has 454 valence electrons. The van der Waals surface area contributed by atoms with E-state index in [4.69, 9.17) is 18.5 Å². The third-order valence-electron chi connectivity index (χ3n) is 14.9. The Hall–Kier alpha value is -1.77. The van der Waals surface area contributed by atoms with Crippen molar-refractivity contribution in [3.63, 3.8) is 0 Å². The second kappa shape index (κ2) is 58.9. The lowest BCUT2D eigenvalue weighted by molar-refractivity contribution is -0.870. The van der Waals surface area contributed by atoms with Gasteiger partial charge in [-0.05, 0) is 70.6 Å². The first-order valence-corrected chi connectivity index (χ1v) is 34.7. The molecule has 0 aromatic carbocycles. The van der Waals surface area contributed by atoms with Gasteiger partial charge in [0.05, 0.1) is 27.7 Å². The summed E-state index contributed by atoms with van der Waals surface area (Å²) >= 11 is 0. The fourth-order valence-electron chi connectivity index (χ4n) is 9.75. The molecule has 0 aromatic rings. The molecule has 0 aliphatic carbocycles. The molecule has 0 aliphatic heterocycles. The number of ether oxygens (including phenoxy) is 2. The number of hydrogen-bond acceptors (Lipinski definition) is 7. The van der Waals surface area contributed by atoms with Crippen molar-refractivity contribution in [2.75, 3.05) is 47.5 Å². The van der Waals surface area contributed by atoms with E-state index >= 15 is 0 Å². The van der Waals surface area contributed by atoms with Crippen molar-refractivity contribution in [2.45, 2.75) is 335 Å². The quantitative estimate of drug-likeness (QED) is 0.0211. The van der Waals surface area contributed by atoms with Gasteiger partial charge in [-0.2, -0.15) is 0 Å². The van der Waals surface area contributed by atoms with Crippen LogP contribution in [0.2, 0.25) is 0 Å². The summed E-state index contributed by atoms with van der Waals surface area (Å²) in [5.74, 6) is -0.794. The van der Waals surface area contributed by atoms with Crippen molar-refractivity contribution >= 4 is 19.8 Å². The van der Waals surface area contributed by atoms with Crippen molar-refractivity contribution in [1.29, 1.82) is 0 Å². The van der Waals surface area contributed by atoms with E-state index in [1.54, 1.807) is 0 Å². The molecule has 0 radical (unpaired) electrons. The third-order valence-corrected chi connectivity index (χ3v) is 15.9. The number of rotatable bonds is 62. The topological polar surface area (TPSA) is 108 Å². The minimum atomic E-state index is -4.38. The number of phosphoric ester groups is 1. The maximum atomic E-state index is 12.8. The summed E-state index contributed by atoms with van der Waals surface area (Å²) in [6, 6.07) is 0. The Morgan fingerprint density at radius 3 is 1.06 bits per heavy atom. The normalized spacial score (nSPS) is 13.4. The molecule has 2 atom stereocenters. The maximum absolute atomic E-state index is 12.8. The van der Waals surface area contributed by atoms with Gasteiger partial charge in [0.1, 0.15) is 19.8 Å². The highest BCUT2D eigenvalue weighted by atomic mass is 31.2. The first-order valence-electron chi connectivity index (χ1n) is 33.2. The van der Waals surface area contributed by atoms with E-state index < -0.39 is 26.5 Å². The molecule has 0 aromatic heterocycles. The number of carbonyl (C=O) groups is 2. The highest BCUT2D eigenvalue weighted by Gasteiger charge is 2.27. The zero-order valence-electron chi connectivity index (χ0n) is 51.7. The van der Waals surface area contributed by atoms with E-state index in [-0.39, 0.29) is 32.0 Å². The number of carbonyl (C=O) groups excluding carboxylic acids is 2. The number of quaternary nitrogens is 1. The number of phosphoric acid groups is 1. The first-order chi connectivity index (χ1) is 37.5. The van der Waals surface area contributed by atoms with Crippen LogP contribution in [0.25, 0.3) is 0 Å². The minimum absolute atomic E-state index is 0.0329. The van der Waals surface area contributed by atoms with E-state index in [9.17, 15) is 19.0 Å². The van der Waals surface area contributed by atoms with Gasteiger partial charge in [-0.1, -0.05) is 281 Å². The van der Waals surface area contributed by atoms with Crippen LogP contribution in [0.4, 0.5) is 0 Å². The monoisotopic (exact) mass is 1110 g/mol. The number of unbranched alkanes of at least 4 members (excludes halogenated alkanes) is 42. The van der Waals surface area contributed by atoms with Crippen LogP contribution in [0.3, 0.4) is 0 Å². The Labute approximate surface area is 478 Å². The summed E-state index contributed by atoms with van der Waals surface area (Å²) in [5.41, 5.74) is 0. The molecule has 0 saturated carbocycles. The standard InChI is InChI=1S/C67H128NO8P/c1-6-8-10-12-14-16-18-20-21-22-23-24-25-26-27-28-29-30-31-32-33-34-35-36-37-38-39-40-41-42-43-44-45-46-47-48-50-52-54-56-58-60-67(70)76-65(64-75-77(71,72)74-62-61-68(3,4)5)63-73-66(69)59-57-55-53-51-49-19-17-15-13-11-9-7-2/h15,17-18,20,22-23,65H,6-14,16,19,21,24-64H2,1-5H3/p+1/b17-15-,20-18-,23-22-. The molecule has 0 heterocycles. The average Bonchev–Trinajstić information content (AvgIpc) is 3.39. The second-order valence-corrected chi connectivity index (χ2v) is 25.3. The lowest BCUT2D eigenvalue weighted by atomic mass is 10.0. The summed E-state index contributed by atoms with van der Waals surface area (Å²) in [4.78, 5) is 35.6. The highest BCUT2D eigenvalue weighted by Crippen LogP contribution is 2.43. The van der Waals surface area contributed by atoms with E-state index in [0.29, 0.717) is 17.4 Å². The predicted molar refractivity (Wildman–Crippen MR) is 330 cm³/mol. The van der Waals surface area contributed by atoms with Gasteiger partial charge in [0, 0.05) is 12.8 Å². The molecule has 0 rings (SSSR count). The van der Waals surface area contributed by atoms with Crippen LogP contribution in [0, 0.1) is 0 Å². The molecular formula is C67H129NO8P+. The second-order valence-electron chi connectivity index (χ2n) is 23.9. The van der Waals surface area contributed by atoms with Crippen LogP contribution in [-0.2, 0) is 32.7 Å². The summed E-state index contributed by atoms with van der Waals surface area (Å²) < 4.78 is 34.5. The Morgan fingerprint density at radius 2 is 0.701 bits per heavy atom. The molecule has 9 nitrogen and oxygen atoms in total. The van der Waals surface area contributed by atoms with Crippen LogP contribution >= 0.6 is 7.82 Å². The summed E-state index contributed by atoms with van der Waals surface area (Å²) in [6.07, 6.45) is 74.2. The number of esters is 2. The minimum Gasteiger partial charge on any atom is -0.462 e. The van der Waals surface area contributed by atoms with Gasteiger partial charge in [-0.15, -0.1) is 0 Å². The highest BCUT2D eigenvalue weighted by molar-refractivity contribution is 7.47. The molecule has 0 aliphatic rings. The molecular weight excluding hydrogens is 978 g/mol. The third kappa shape index (κ3) is 63.3. The van der Waals surface area contributed by atoms with Crippen molar-refractivity contribution < 1.29 is 42.1 Å². The van der Waals surface area contributed by atoms with Crippen LogP contribution in [0.1, 0.15) is 328 Å². The first kappa shape index (κ1) is 75.2. The van der Waals surface area contributed by atoms with Gasteiger partial charge in [0.25, 0.3) is 0 Å². The fourth-order valence-corrected chi connectivity index (χ4v) is 10.5. The zero-order valence-corrected chi connectivity index (χ0v) is 52.6. The lowest BCUT2D eigenvalue weighted by Crippen LogP contribution is -2.37. The summed E-state index contributed by atoms with van der Waals surface area (Å²) in [6.45, 7) is 4.42. The Balaban J connectivity index is 3.81. The average molecular weight is 1110 g/mol. The van der Waals surface area contributed by atoms with Gasteiger partial charge in [0.2, 0.25) is 0 Å². The Morgan fingerprint density at radius 1 is 0.403 bits per heavy atom. The predicted octanol–water partition coefficient (Wildman–Crippen LogP) is 21.1. The molecule has 0 bridgehead atoms. The summed E-state index contributed by atoms with van der Waals surface area (Å²) in [5, 5.41) is 0. The molecule has 2 unspecified atom stereocenters.